The van der Waals surface area contributed by atoms with Crippen LogP contribution in [0.25, 0.3) is 54.9 Å². The van der Waals surface area contributed by atoms with Crippen LogP contribution >= 0.6 is 7.14 Å². The van der Waals surface area contributed by atoms with E-state index < -0.39 is 7.14 Å². The maximum Gasteiger partial charge on any atom is 0.109 e. The summed E-state index contributed by atoms with van der Waals surface area (Å²) in [6, 6.07) is 42.8. The highest BCUT2D eigenvalue weighted by Gasteiger charge is 2.18. The van der Waals surface area contributed by atoms with Crippen molar-refractivity contribution in [2.24, 2.45) is 0 Å². The van der Waals surface area contributed by atoms with E-state index in [2.05, 4.69) is 60.7 Å². The minimum atomic E-state index is -2.43. The first kappa shape index (κ1) is 25.3. The number of hydrogen-bond acceptors (Lipinski definition) is 3. The SMILES string of the molecule is CP(C)(=O)c1cccc(-c2ccc3c(-c4cccc(C#N)c4)c4ccccc4c(-c4cccc(C#N)c4)c3c2)c1. The molecule has 4 heteroatoms. The standard InChI is InChI=1S/C36H25N2OP/c1-40(2,39)30-13-7-10-26(20-30)27-16-17-33-34(21-27)36(29-12-6-9-25(19-29)23-38)32-15-4-3-14-31(32)35(33)28-11-5-8-24(18-28)22-37/h3-21H,1-2H3. The van der Waals surface area contributed by atoms with Crippen molar-refractivity contribution in [2.45, 2.75) is 0 Å². The summed E-state index contributed by atoms with van der Waals surface area (Å²) in [6.07, 6.45) is 0. The van der Waals surface area contributed by atoms with Gasteiger partial charge < -0.3 is 4.57 Å². The molecule has 6 aromatic carbocycles. The van der Waals surface area contributed by atoms with Crippen LogP contribution < -0.4 is 5.30 Å². The molecule has 6 aromatic rings. The van der Waals surface area contributed by atoms with Gasteiger partial charge in [0.15, 0.2) is 0 Å². The van der Waals surface area contributed by atoms with E-state index in [9.17, 15) is 15.1 Å². The van der Waals surface area contributed by atoms with Gasteiger partial charge in [-0.1, -0.05) is 78.9 Å². The fraction of sp³-hybridized carbons (Fsp3) is 0.0556. The predicted octanol–water partition coefficient (Wildman–Crippen LogP) is 8.99. The number of nitrogens with zero attached hydrogens (tertiary/aromatic N) is 2. The third kappa shape index (κ3) is 4.48. The van der Waals surface area contributed by atoms with Gasteiger partial charge >= 0.3 is 0 Å². The fourth-order valence-corrected chi connectivity index (χ4v) is 6.38. The van der Waals surface area contributed by atoms with Gasteiger partial charge in [-0.05, 0) is 105 Å². The molecule has 0 aliphatic heterocycles. The molecule has 0 unspecified atom stereocenters. The molecule has 0 bridgehead atoms. The van der Waals surface area contributed by atoms with E-state index >= 15 is 0 Å². The van der Waals surface area contributed by atoms with Crippen molar-refractivity contribution in [3.05, 3.63) is 126 Å². The topological polar surface area (TPSA) is 64.7 Å². The van der Waals surface area contributed by atoms with Crippen molar-refractivity contribution in [3.63, 3.8) is 0 Å². The molecule has 6 rings (SSSR count). The Morgan fingerprint density at radius 2 is 1.00 bits per heavy atom. The van der Waals surface area contributed by atoms with Gasteiger partial charge in [0.25, 0.3) is 0 Å². The third-order valence-corrected chi connectivity index (χ3v) is 8.91. The van der Waals surface area contributed by atoms with E-state index in [1.807, 2.05) is 66.7 Å². The van der Waals surface area contributed by atoms with E-state index in [0.717, 1.165) is 60.2 Å². The Labute approximate surface area is 234 Å². The summed E-state index contributed by atoms with van der Waals surface area (Å²) in [7, 11) is -2.43. The van der Waals surface area contributed by atoms with E-state index in [-0.39, 0.29) is 0 Å². The van der Waals surface area contributed by atoms with Crippen molar-refractivity contribution in [1.82, 2.24) is 0 Å². The number of hydrogen-bond donors (Lipinski definition) is 0. The van der Waals surface area contributed by atoms with Crippen LogP contribution in [0.2, 0.25) is 0 Å². The summed E-state index contributed by atoms with van der Waals surface area (Å²) in [6.45, 7) is 3.58. The summed E-state index contributed by atoms with van der Waals surface area (Å²) in [4.78, 5) is 0. The zero-order valence-electron chi connectivity index (χ0n) is 22.2. The molecule has 0 spiro atoms. The molecule has 190 valence electrons. The van der Waals surface area contributed by atoms with Gasteiger partial charge in [0.1, 0.15) is 7.14 Å². The molecule has 0 aromatic heterocycles. The van der Waals surface area contributed by atoms with Crippen LogP contribution in [0.15, 0.2) is 115 Å². The van der Waals surface area contributed by atoms with Gasteiger partial charge in [-0.2, -0.15) is 10.5 Å². The quantitative estimate of drug-likeness (QED) is 0.168. The first-order valence-electron chi connectivity index (χ1n) is 13.0. The molecule has 0 saturated heterocycles. The van der Waals surface area contributed by atoms with Crippen LogP contribution in [0.3, 0.4) is 0 Å². The highest BCUT2D eigenvalue weighted by atomic mass is 31.2. The molecular formula is C36H25N2OP. The van der Waals surface area contributed by atoms with Crippen LogP contribution in [0.4, 0.5) is 0 Å². The van der Waals surface area contributed by atoms with E-state index in [4.69, 9.17) is 0 Å². The molecule has 0 atom stereocenters. The highest BCUT2D eigenvalue weighted by molar-refractivity contribution is 7.70. The van der Waals surface area contributed by atoms with Gasteiger partial charge in [-0.3, -0.25) is 0 Å². The summed E-state index contributed by atoms with van der Waals surface area (Å²) in [5.41, 5.74) is 7.30. The molecule has 0 aliphatic rings. The van der Waals surface area contributed by atoms with Crippen LogP contribution in [-0.4, -0.2) is 13.3 Å². The number of rotatable bonds is 4. The summed E-state index contributed by atoms with van der Waals surface area (Å²) >= 11 is 0. The smallest absolute Gasteiger partial charge is 0.109 e. The Morgan fingerprint density at radius 3 is 1.57 bits per heavy atom. The molecule has 0 radical (unpaired) electrons. The summed E-state index contributed by atoms with van der Waals surface area (Å²) < 4.78 is 12.9. The first-order valence-corrected chi connectivity index (χ1v) is 15.6. The largest absolute Gasteiger partial charge is 0.319 e. The van der Waals surface area contributed by atoms with Crippen LogP contribution in [0.5, 0.6) is 0 Å². The monoisotopic (exact) mass is 532 g/mol. The zero-order chi connectivity index (χ0) is 27.9. The lowest BCUT2D eigenvalue weighted by Gasteiger charge is -2.19. The molecule has 0 fully saturated rings. The highest BCUT2D eigenvalue weighted by Crippen LogP contribution is 2.45. The lowest BCUT2D eigenvalue weighted by molar-refractivity contribution is 0.588. The number of benzene rings is 6. The fourth-order valence-electron chi connectivity index (χ4n) is 5.49. The lowest BCUT2D eigenvalue weighted by Crippen LogP contribution is -2.02. The van der Waals surface area contributed by atoms with Gasteiger partial charge in [-0.25, -0.2) is 0 Å². The van der Waals surface area contributed by atoms with E-state index in [0.29, 0.717) is 11.1 Å². The zero-order valence-corrected chi connectivity index (χ0v) is 23.1. The Morgan fingerprint density at radius 1 is 0.500 bits per heavy atom. The van der Waals surface area contributed by atoms with Crippen molar-refractivity contribution in [2.75, 3.05) is 13.3 Å². The molecule has 0 saturated carbocycles. The lowest BCUT2D eigenvalue weighted by atomic mass is 9.84. The maximum absolute atomic E-state index is 12.9. The van der Waals surface area contributed by atoms with Crippen LogP contribution in [0.1, 0.15) is 11.1 Å². The summed E-state index contributed by atoms with van der Waals surface area (Å²) in [5.74, 6) is 0. The molecule has 0 amide bonds. The van der Waals surface area contributed by atoms with Crippen molar-refractivity contribution >= 4 is 34.0 Å². The molecular weight excluding hydrogens is 507 g/mol. The van der Waals surface area contributed by atoms with Gasteiger partial charge in [0.2, 0.25) is 0 Å². The Balaban J connectivity index is 1.75. The minimum Gasteiger partial charge on any atom is -0.319 e. The number of fused-ring (bicyclic) bond motifs is 2. The molecule has 0 heterocycles. The Kier molecular flexibility index (Phi) is 6.32. The normalized spacial score (nSPS) is 11.3. The third-order valence-electron chi connectivity index (χ3n) is 7.39. The molecule has 0 aliphatic carbocycles. The molecule has 0 N–H and O–H groups in total. The van der Waals surface area contributed by atoms with Crippen molar-refractivity contribution in [3.8, 4) is 45.5 Å². The van der Waals surface area contributed by atoms with Crippen LogP contribution in [-0.2, 0) is 4.57 Å². The van der Waals surface area contributed by atoms with Crippen molar-refractivity contribution in [1.29, 1.82) is 10.5 Å². The second-order valence-corrected chi connectivity index (χ2v) is 13.6. The summed E-state index contributed by atoms with van der Waals surface area (Å²) in [5, 5.41) is 24.4. The second-order valence-electron chi connectivity index (χ2n) is 10.3. The van der Waals surface area contributed by atoms with E-state index in [1.165, 1.54) is 0 Å². The second kappa shape index (κ2) is 9.98. The van der Waals surface area contributed by atoms with Crippen LogP contribution in [0, 0.1) is 22.7 Å². The first-order chi connectivity index (χ1) is 19.4. The van der Waals surface area contributed by atoms with Gasteiger partial charge in [-0.15, -0.1) is 0 Å². The van der Waals surface area contributed by atoms with E-state index in [1.54, 1.807) is 13.3 Å². The average Bonchev–Trinajstić information content (AvgIpc) is 2.99. The van der Waals surface area contributed by atoms with Gasteiger partial charge in [0, 0.05) is 5.30 Å². The van der Waals surface area contributed by atoms with Gasteiger partial charge in [0.05, 0.1) is 23.3 Å². The number of nitriles is 2. The Bertz CT molecular complexity index is 2090. The molecule has 40 heavy (non-hydrogen) atoms. The van der Waals surface area contributed by atoms with Crippen molar-refractivity contribution < 1.29 is 4.57 Å². The predicted molar refractivity (Wildman–Crippen MR) is 166 cm³/mol. The maximum atomic E-state index is 12.9. The molecule has 3 nitrogen and oxygen atoms in total. The minimum absolute atomic E-state index is 0.603. The Hall–Kier alpha value is -4.95. The average molecular weight is 533 g/mol.